The van der Waals surface area contributed by atoms with Crippen LogP contribution in [0.3, 0.4) is 0 Å². The number of benzene rings is 2. The van der Waals surface area contributed by atoms with Gasteiger partial charge in [0.25, 0.3) is 5.91 Å². The summed E-state index contributed by atoms with van der Waals surface area (Å²) in [5.41, 5.74) is 4.52. The van der Waals surface area contributed by atoms with E-state index < -0.39 is 0 Å². The van der Waals surface area contributed by atoms with Gasteiger partial charge in [0.1, 0.15) is 0 Å². The lowest BCUT2D eigenvalue weighted by molar-refractivity contribution is -0.114. The molecule has 1 aliphatic rings. The van der Waals surface area contributed by atoms with Gasteiger partial charge in [0.2, 0.25) is 5.91 Å². The van der Waals surface area contributed by atoms with Crippen LogP contribution in [0.5, 0.6) is 0 Å². The molecule has 0 bridgehead atoms. The highest BCUT2D eigenvalue weighted by molar-refractivity contribution is 6.05. The van der Waals surface area contributed by atoms with Crippen LogP contribution in [0, 0.1) is 0 Å². The average Bonchev–Trinajstić information content (AvgIpc) is 2.56. The molecule has 2 aromatic carbocycles. The van der Waals surface area contributed by atoms with Crippen LogP contribution in [0.25, 0.3) is 0 Å². The Morgan fingerprint density at radius 3 is 2.42 bits per heavy atom. The minimum atomic E-state index is -0.164. The van der Waals surface area contributed by atoms with Crippen LogP contribution in [0.1, 0.15) is 29.3 Å². The van der Waals surface area contributed by atoms with Crippen molar-refractivity contribution in [1.82, 2.24) is 0 Å². The maximum Gasteiger partial charge on any atom is 0.255 e. The van der Waals surface area contributed by atoms with Crippen LogP contribution in [0.2, 0.25) is 0 Å². The molecule has 124 valence electrons. The molecule has 5 heteroatoms. The largest absolute Gasteiger partial charge is 0.374 e. The molecule has 24 heavy (non-hydrogen) atoms. The Balaban J connectivity index is 1.73. The van der Waals surface area contributed by atoms with E-state index in [1.54, 1.807) is 24.3 Å². The number of fused-ring (bicyclic) bond motifs is 1. The number of hydrogen-bond donors (Lipinski definition) is 2. The van der Waals surface area contributed by atoms with E-state index in [0.29, 0.717) is 11.3 Å². The molecule has 1 heterocycles. The van der Waals surface area contributed by atoms with E-state index in [1.165, 1.54) is 18.2 Å². The zero-order valence-corrected chi connectivity index (χ0v) is 13.9. The molecule has 0 aliphatic carbocycles. The fourth-order valence-corrected chi connectivity index (χ4v) is 2.95. The third kappa shape index (κ3) is 3.56. The second kappa shape index (κ2) is 6.74. The summed E-state index contributed by atoms with van der Waals surface area (Å²) in [4.78, 5) is 25.6. The second-order valence-electron chi connectivity index (χ2n) is 6.08. The third-order valence-corrected chi connectivity index (χ3v) is 4.16. The smallest absolute Gasteiger partial charge is 0.255 e. The van der Waals surface area contributed by atoms with Crippen molar-refractivity contribution >= 4 is 28.9 Å². The first-order valence-electron chi connectivity index (χ1n) is 8.06. The van der Waals surface area contributed by atoms with Crippen molar-refractivity contribution in [2.75, 3.05) is 29.1 Å². The van der Waals surface area contributed by atoms with Gasteiger partial charge in [0.05, 0.1) is 0 Å². The van der Waals surface area contributed by atoms with Gasteiger partial charge < -0.3 is 15.5 Å². The Morgan fingerprint density at radius 1 is 1.00 bits per heavy atom. The van der Waals surface area contributed by atoms with Gasteiger partial charge in [-0.1, -0.05) is 6.07 Å². The van der Waals surface area contributed by atoms with Crippen LogP contribution >= 0.6 is 0 Å². The molecular formula is C19H21N3O2. The van der Waals surface area contributed by atoms with Crippen molar-refractivity contribution in [3.63, 3.8) is 0 Å². The van der Waals surface area contributed by atoms with Gasteiger partial charge in [-0.25, -0.2) is 0 Å². The zero-order valence-electron chi connectivity index (χ0n) is 13.9. The quantitative estimate of drug-likeness (QED) is 0.911. The Labute approximate surface area is 141 Å². The summed E-state index contributed by atoms with van der Waals surface area (Å²) in [5, 5.41) is 5.62. The molecule has 5 nitrogen and oxygen atoms in total. The number of nitrogens with one attached hydrogen (secondary N) is 2. The van der Waals surface area contributed by atoms with Crippen molar-refractivity contribution in [3.8, 4) is 0 Å². The molecule has 0 saturated carbocycles. The summed E-state index contributed by atoms with van der Waals surface area (Å²) in [6.07, 6.45) is 2.24. The number of rotatable bonds is 3. The summed E-state index contributed by atoms with van der Waals surface area (Å²) in [6.45, 7) is 2.49. The van der Waals surface area contributed by atoms with Gasteiger partial charge in [0, 0.05) is 43.1 Å². The van der Waals surface area contributed by atoms with Crippen molar-refractivity contribution in [1.29, 1.82) is 0 Å². The minimum Gasteiger partial charge on any atom is -0.374 e. The van der Waals surface area contributed by atoms with E-state index in [0.717, 1.165) is 25.1 Å². The number of carbonyl (C=O) groups excluding carboxylic acids is 2. The van der Waals surface area contributed by atoms with E-state index in [-0.39, 0.29) is 11.8 Å². The number of carbonyl (C=O) groups is 2. The Kier molecular flexibility index (Phi) is 4.51. The van der Waals surface area contributed by atoms with Crippen molar-refractivity contribution in [2.45, 2.75) is 19.8 Å². The van der Waals surface area contributed by atoms with E-state index in [2.05, 4.69) is 28.6 Å². The van der Waals surface area contributed by atoms with Gasteiger partial charge in [0.15, 0.2) is 0 Å². The molecule has 2 aromatic rings. The summed E-state index contributed by atoms with van der Waals surface area (Å²) >= 11 is 0. The summed E-state index contributed by atoms with van der Waals surface area (Å²) in [6, 6.07) is 12.9. The molecule has 3 rings (SSSR count). The SMILES string of the molecule is CC(=O)Nc1ccc(C(=O)Nc2ccc3c(c2)N(C)CCC3)cc1. The highest BCUT2D eigenvalue weighted by atomic mass is 16.2. The first-order chi connectivity index (χ1) is 11.5. The highest BCUT2D eigenvalue weighted by Crippen LogP contribution is 2.29. The van der Waals surface area contributed by atoms with Crippen LogP contribution < -0.4 is 15.5 Å². The number of anilines is 3. The topological polar surface area (TPSA) is 61.4 Å². The summed E-state index contributed by atoms with van der Waals surface area (Å²) in [7, 11) is 2.07. The molecule has 1 aliphatic heterocycles. The lowest BCUT2D eigenvalue weighted by Gasteiger charge is -2.28. The molecule has 0 spiro atoms. The van der Waals surface area contributed by atoms with Crippen LogP contribution in [0.15, 0.2) is 42.5 Å². The Morgan fingerprint density at radius 2 is 1.71 bits per heavy atom. The molecule has 2 amide bonds. The number of nitrogens with zero attached hydrogens (tertiary/aromatic N) is 1. The average molecular weight is 323 g/mol. The standard InChI is InChI=1S/C19H21N3O2/c1-13(23)20-16-8-6-15(7-9-16)19(24)21-17-10-5-14-4-3-11-22(2)18(14)12-17/h5-10,12H,3-4,11H2,1-2H3,(H,20,23)(H,21,24). The fraction of sp³-hybridized carbons (Fsp3) is 0.263. The molecular weight excluding hydrogens is 302 g/mol. The van der Waals surface area contributed by atoms with Gasteiger partial charge >= 0.3 is 0 Å². The molecule has 0 atom stereocenters. The molecule has 0 saturated heterocycles. The Hall–Kier alpha value is -2.82. The van der Waals surface area contributed by atoms with Crippen molar-refractivity contribution in [2.24, 2.45) is 0 Å². The minimum absolute atomic E-state index is 0.134. The summed E-state index contributed by atoms with van der Waals surface area (Å²) < 4.78 is 0. The highest BCUT2D eigenvalue weighted by Gasteiger charge is 2.15. The van der Waals surface area contributed by atoms with Crippen LogP contribution in [-0.4, -0.2) is 25.4 Å². The van der Waals surface area contributed by atoms with Gasteiger partial charge in [-0.2, -0.15) is 0 Å². The van der Waals surface area contributed by atoms with E-state index >= 15 is 0 Å². The molecule has 0 fully saturated rings. The number of aryl methyl sites for hydroxylation is 1. The lowest BCUT2D eigenvalue weighted by Crippen LogP contribution is -2.24. The monoisotopic (exact) mass is 323 g/mol. The van der Waals surface area contributed by atoms with Crippen LogP contribution in [0.4, 0.5) is 17.1 Å². The molecule has 0 radical (unpaired) electrons. The predicted octanol–water partition coefficient (Wildman–Crippen LogP) is 3.28. The second-order valence-corrected chi connectivity index (χ2v) is 6.08. The van der Waals surface area contributed by atoms with E-state index in [9.17, 15) is 9.59 Å². The van der Waals surface area contributed by atoms with Gasteiger partial charge in [-0.3, -0.25) is 9.59 Å². The summed E-state index contributed by atoms with van der Waals surface area (Å²) in [5.74, 6) is -0.298. The van der Waals surface area contributed by atoms with Crippen LogP contribution in [-0.2, 0) is 11.2 Å². The number of amides is 2. The normalized spacial score (nSPS) is 13.2. The zero-order chi connectivity index (χ0) is 17.1. The first-order valence-corrected chi connectivity index (χ1v) is 8.06. The van der Waals surface area contributed by atoms with Gasteiger partial charge in [-0.15, -0.1) is 0 Å². The third-order valence-electron chi connectivity index (χ3n) is 4.16. The molecule has 0 unspecified atom stereocenters. The first kappa shape index (κ1) is 16.1. The molecule has 2 N–H and O–H groups in total. The Bertz CT molecular complexity index is 769. The van der Waals surface area contributed by atoms with E-state index in [4.69, 9.17) is 0 Å². The van der Waals surface area contributed by atoms with Crippen molar-refractivity contribution in [3.05, 3.63) is 53.6 Å². The maximum absolute atomic E-state index is 12.4. The predicted molar refractivity (Wildman–Crippen MR) is 96.7 cm³/mol. The maximum atomic E-state index is 12.4. The molecule has 0 aromatic heterocycles. The number of hydrogen-bond acceptors (Lipinski definition) is 3. The lowest BCUT2D eigenvalue weighted by atomic mass is 10.0. The van der Waals surface area contributed by atoms with E-state index in [1.807, 2.05) is 12.1 Å². The fourth-order valence-electron chi connectivity index (χ4n) is 2.95. The van der Waals surface area contributed by atoms with Crippen molar-refractivity contribution < 1.29 is 9.59 Å². The van der Waals surface area contributed by atoms with Gasteiger partial charge in [-0.05, 0) is 54.8 Å².